The molecule has 1 heterocycles. The Bertz CT molecular complexity index is 1170. The van der Waals surface area contributed by atoms with E-state index in [1.807, 2.05) is 13.0 Å². The molecule has 8 nitrogen and oxygen atoms in total. The van der Waals surface area contributed by atoms with E-state index in [4.69, 9.17) is 9.47 Å². The minimum absolute atomic E-state index is 0.0235. The van der Waals surface area contributed by atoms with Crippen LogP contribution in [0.5, 0.6) is 17.4 Å². The second kappa shape index (κ2) is 9.22. The monoisotopic (exact) mass is 458 g/mol. The molecule has 170 valence electrons. The minimum atomic E-state index is -2.13. The van der Waals surface area contributed by atoms with Gasteiger partial charge in [-0.2, -0.15) is 0 Å². The van der Waals surface area contributed by atoms with Gasteiger partial charge in [0.1, 0.15) is 0 Å². The van der Waals surface area contributed by atoms with Gasteiger partial charge < -0.3 is 29.0 Å². The second-order valence-corrected chi connectivity index (χ2v) is 8.72. The second-order valence-electron chi connectivity index (χ2n) is 7.74. The van der Waals surface area contributed by atoms with Crippen LogP contribution < -0.4 is 14.8 Å². The number of benzene rings is 2. The number of carbonyl (C=O) groups excluding carboxylic acids is 1. The number of anilines is 1. The van der Waals surface area contributed by atoms with Crippen molar-refractivity contribution in [3.8, 4) is 17.4 Å². The number of aromatic hydroxyl groups is 1. The van der Waals surface area contributed by atoms with Crippen LogP contribution in [0.1, 0.15) is 31.4 Å². The molecule has 1 saturated carbocycles. The van der Waals surface area contributed by atoms with Gasteiger partial charge in [0.05, 0.1) is 36.6 Å². The first-order valence-electron chi connectivity index (χ1n) is 10.4. The summed E-state index contributed by atoms with van der Waals surface area (Å²) in [5.41, 5.74) is 1.19. The maximum Gasteiger partial charge on any atom is 0.227 e. The van der Waals surface area contributed by atoms with Crippen LogP contribution in [0, 0.1) is 5.92 Å². The third-order valence-corrected chi connectivity index (χ3v) is 6.16. The predicted molar refractivity (Wildman–Crippen MR) is 123 cm³/mol. The molecule has 0 spiro atoms. The zero-order chi connectivity index (χ0) is 22.8. The molecule has 2 aromatic carbocycles. The van der Waals surface area contributed by atoms with Crippen LogP contribution in [0.3, 0.4) is 0 Å². The average Bonchev–Trinajstić information content (AvgIpc) is 3.56. The molecule has 0 aliphatic heterocycles. The number of fused-ring (bicyclic) bond motifs is 1. The Balaban J connectivity index is 1.79. The third-order valence-electron chi connectivity index (χ3n) is 5.56. The lowest BCUT2D eigenvalue weighted by molar-refractivity contribution is -0.117. The molecule has 1 aromatic heterocycles. The Kier molecular flexibility index (Phi) is 6.38. The highest BCUT2D eigenvalue weighted by molar-refractivity contribution is 7.79. The Morgan fingerprint density at radius 2 is 2.06 bits per heavy atom. The first-order chi connectivity index (χ1) is 15.4. The molecular weight excluding hydrogens is 432 g/mol. The van der Waals surface area contributed by atoms with Gasteiger partial charge in [-0.25, -0.2) is 4.21 Å². The van der Waals surface area contributed by atoms with E-state index < -0.39 is 17.1 Å². The first kappa shape index (κ1) is 22.2. The largest absolute Gasteiger partial charge is 0.494 e. The number of methoxy groups -OCH3 is 1. The van der Waals surface area contributed by atoms with Crippen molar-refractivity contribution in [1.29, 1.82) is 0 Å². The van der Waals surface area contributed by atoms with Crippen molar-refractivity contribution < 1.29 is 28.1 Å². The number of aromatic nitrogens is 1. The van der Waals surface area contributed by atoms with Gasteiger partial charge in [0, 0.05) is 17.5 Å². The summed E-state index contributed by atoms with van der Waals surface area (Å²) >= 11 is -2.13. The fraction of sp³-hybridized carbons (Fsp3) is 0.348. The molecule has 3 N–H and O–H groups in total. The number of nitrogens with zero attached hydrogens (tertiary/aromatic N) is 1. The molecule has 1 aliphatic carbocycles. The van der Waals surface area contributed by atoms with Crippen molar-refractivity contribution in [2.24, 2.45) is 5.92 Å². The van der Waals surface area contributed by atoms with Crippen molar-refractivity contribution in [2.75, 3.05) is 24.8 Å². The maximum absolute atomic E-state index is 12.3. The van der Waals surface area contributed by atoms with E-state index in [1.165, 1.54) is 0 Å². The van der Waals surface area contributed by atoms with Crippen molar-refractivity contribution >= 4 is 33.4 Å². The van der Waals surface area contributed by atoms with Crippen LogP contribution >= 0.6 is 0 Å². The van der Waals surface area contributed by atoms with Crippen LogP contribution in [-0.4, -0.2) is 43.8 Å². The lowest BCUT2D eigenvalue weighted by Gasteiger charge is -2.20. The van der Waals surface area contributed by atoms with E-state index in [-0.39, 0.29) is 23.5 Å². The number of hydrogen-bond donors (Lipinski definition) is 3. The van der Waals surface area contributed by atoms with E-state index in [1.54, 1.807) is 48.2 Å². The van der Waals surface area contributed by atoms with Gasteiger partial charge in [0.15, 0.2) is 22.6 Å². The van der Waals surface area contributed by atoms with Crippen molar-refractivity contribution in [3.63, 3.8) is 0 Å². The van der Waals surface area contributed by atoms with E-state index in [9.17, 15) is 18.7 Å². The molecule has 4 rings (SSSR count). The molecule has 2 unspecified atom stereocenters. The highest BCUT2D eigenvalue weighted by atomic mass is 32.2. The van der Waals surface area contributed by atoms with Crippen LogP contribution in [0.25, 0.3) is 10.8 Å². The Labute approximate surface area is 188 Å². The Morgan fingerprint density at radius 1 is 1.28 bits per heavy atom. The van der Waals surface area contributed by atoms with E-state index in [2.05, 4.69) is 5.32 Å². The van der Waals surface area contributed by atoms with Crippen molar-refractivity contribution in [3.05, 3.63) is 48.2 Å². The maximum atomic E-state index is 12.3. The molecule has 3 aromatic rings. The number of rotatable bonds is 9. The Morgan fingerprint density at radius 3 is 2.72 bits per heavy atom. The number of ether oxygens (including phenoxy) is 2. The lowest BCUT2D eigenvalue weighted by Crippen LogP contribution is -2.17. The summed E-state index contributed by atoms with van der Waals surface area (Å²) in [5, 5.41) is 15.2. The van der Waals surface area contributed by atoms with Crippen molar-refractivity contribution in [1.82, 2.24) is 4.57 Å². The van der Waals surface area contributed by atoms with Gasteiger partial charge in [0.2, 0.25) is 11.8 Å². The molecule has 32 heavy (non-hydrogen) atoms. The number of hydrogen-bond acceptors (Lipinski definition) is 5. The van der Waals surface area contributed by atoms with E-state index in [0.717, 1.165) is 12.8 Å². The van der Waals surface area contributed by atoms with Crippen LogP contribution in [0.2, 0.25) is 0 Å². The molecule has 2 atom stereocenters. The average molecular weight is 459 g/mol. The first-order valence-corrected chi connectivity index (χ1v) is 11.7. The van der Waals surface area contributed by atoms with Gasteiger partial charge >= 0.3 is 0 Å². The zero-order valence-corrected chi connectivity index (χ0v) is 18.7. The predicted octanol–water partition coefficient (Wildman–Crippen LogP) is 3.91. The fourth-order valence-electron chi connectivity index (χ4n) is 3.83. The molecule has 9 heteroatoms. The Hall–Kier alpha value is -3.04. The third kappa shape index (κ3) is 4.44. The summed E-state index contributed by atoms with van der Waals surface area (Å²) in [4.78, 5) is 12.3. The summed E-state index contributed by atoms with van der Waals surface area (Å²) in [6.45, 7) is 2.29. The minimum Gasteiger partial charge on any atom is -0.494 e. The number of amides is 1. The molecule has 1 amide bonds. The summed E-state index contributed by atoms with van der Waals surface area (Å²) in [7, 11) is 1.54. The molecule has 0 radical (unpaired) electrons. The van der Waals surface area contributed by atoms with Gasteiger partial charge in [-0.1, -0.05) is 18.2 Å². The van der Waals surface area contributed by atoms with Gasteiger partial charge in [-0.15, -0.1) is 0 Å². The van der Waals surface area contributed by atoms with Crippen LogP contribution in [0.15, 0.2) is 42.6 Å². The fourth-order valence-corrected chi connectivity index (χ4v) is 4.45. The molecule has 1 aliphatic rings. The molecule has 1 fully saturated rings. The molecular formula is C23H26N2O6S. The highest BCUT2D eigenvalue weighted by Gasteiger charge is 2.30. The topological polar surface area (TPSA) is 110 Å². The van der Waals surface area contributed by atoms with E-state index in [0.29, 0.717) is 40.1 Å². The molecule has 0 saturated heterocycles. The quantitative estimate of drug-likeness (QED) is 0.419. The summed E-state index contributed by atoms with van der Waals surface area (Å²) in [5.74, 6) is 0.789. The SMILES string of the molecule is CCOc1cc(C(CS(=O)O)n2cc3cccc(NC(=O)C4CC4)c3c2O)ccc1OC. The highest BCUT2D eigenvalue weighted by Crippen LogP contribution is 2.40. The van der Waals surface area contributed by atoms with Gasteiger partial charge in [-0.3, -0.25) is 4.79 Å². The number of carbonyl (C=O) groups is 1. The normalized spacial score (nSPS) is 15.3. The standard InChI is InChI=1S/C23H26N2O6S/c1-3-31-20-11-15(9-10-19(20)30-2)18(13-32(28)29)25-12-16-5-4-6-17(21(16)23(25)27)24-22(26)14-7-8-14/h4-6,9-12,14,18,27H,3,7-8,13H2,1-2H3,(H,24,26)(H,28,29). The van der Waals surface area contributed by atoms with Crippen LogP contribution in [-0.2, 0) is 15.9 Å². The lowest BCUT2D eigenvalue weighted by atomic mass is 10.1. The smallest absolute Gasteiger partial charge is 0.227 e. The number of nitrogens with one attached hydrogen (secondary N) is 1. The molecule has 0 bridgehead atoms. The summed E-state index contributed by atoms with van der Waals surface area (Å²) < 4.78 is 34.1. The van der Waals surface area contributed by atoms with Gasteiger partial charge in [-0.05, 0) is 43.5 Å². The van der Waals surface area contributed by atoms with Crippen molar-refractivity contribution in [2.45, 2.75) is 25.8 Å². The van der Waals surface area contributed by atoms with Crippen LogP contribution in [0.4, 0.5) is 5.69 Å². The van der Waals surface area contributed by atoms with E-state index >= 15 is 0 Å². The summed E-state index contributed by atoms with van der Waals surface area (Å²) in [6, 6.07) is 9.98. The van der Waals surface area contributed by atoms with Gasteiger partial charge in [0.25, 0.3) is 0 Å². The zero-order valence-electron chi connectivity index (χ0n) is 17.9. The summed E-state index contributed by atoms with van der Waals surface area (Å²) in [6.07, 6.45) is 3.47.